The molecule has 2 rings (SSSR count). The molecule has 2 saturated heterocycles. The van der Waals surface area contributed by atoms with Crippen molar-refractivity contribution in [3.05, 3.63) is 0 Å². The van der Waals surface area contributed by atoms with Crippen LogP contribution in [0.3, 0.4) is 0 Å². The van der Waals surface area contributed by atoms with Crippen LogP contribution in [0.15, 0.2) is 0 Å². The topological polar surface area (TPSA) is 60.9 Å². The summed E-state index contributed by atoms with van der Waals surface area (Å²) < 4.78 is 0. The van der Waals surface area contributed by atoms with E-state index in [1.807, 2.05) is 4.90 Å². The van der Waals surface area contributed by atoms with E-state index in [1.165, 1.54) is 6.42 Å². The number of carboxylic acids is 1. The lowest BCUT2D eigenvalue weighted by Crippen LogP contribution is -2.53. The Kier molecular flexibility index (Phi) is 5.26. The lowest BCUT2D eigenvalue weighted by molar-refractivity contribution is -0.143. The lowest BCUT2D eigenvalue weighted by atomic mass is 9.97. The van der Waals surface area contributed by atoms with E-state index in [2.05, 4.69) is 6.92 Å². The van der Waals surface area contributed by atoms with Gasteiger partial charge in [0, 0.05) is 25.7 Å². The van der Waals surface area contributed by atoms with Crippen LogP contribution in [0.25, 0.3) is 0 Å². The van der Waals surface area contributed by atoms with E-state index in [4.69, 9.17) is 5.11 Å². The molecule has 2 aliphatic heterocycles. The molecule has 0 aliphatic carbocycles. The van der Waals surface area contributed by atoms with E-state index >= 15 is 0 Å². The summed E-state index contributed by atoms with van der Waals surface area (Å²) in [5.41, 5.74) is 0. The van der Waals surface area contributed by atoms with Gasteiger partial charge in [-0.05, 0) is 38.5 Å². The van der Waals surface area contributed by atoms with Gasteiger partial charge in [-0.25, -0.2) is 4.79 Å². The third-order valence-corrected chi connectivity index (χ3v) is 4.54. The van der Waals surface area contributed by atoms with Gasteiger partial charge in [0.1, 0.15) is 0 Å². The molecule has 1 N–H and O–H groups in total. The minimum Gasteiger partial charge on any atom is -0.481 e. The Labute approximate surface area is 120 Å². The van der Waals surface area contributed by atoms with E-state index in [1.54, 1.807) is 4.90 Å². The largest absolute Gasteiger partial charge is 0.481 e. The first-order chi connectivity index (χ1) is 9.63. The summed E-state index contributed by atoms with van der Waals surface area (Å²) in [6.45, 7) is 4.07. The van der Waals surface area contributed by atoms with Crippen molar-refractivity contribution in [2.45, 2.75) is 57.9 Å². The monoisotopic (exact) mass is 282 g/mol. The number of carbonyl (C=O) groups is 2. The summed E-state index contributed by atoms with van der Waals surface area (Å²) >= 11 is 0. The number of hydrogen-bond donors (Lipinski definition) is 1. The molecule has 20 heavy (non-hydrogen) atoms. The second kappa shape index (κ2) is 6.95. The molecule has 0 aromatic rings. The van der Waals surface area contributed by atoms with Crippen molar-refractivity contribution in [2.75, 3.05) is 19.6 Å². The normalized spacial score (nSPS) is 27.4. The fourth-order valence-electron chi connectivity index (χ4n) is 3.42. The maximum atomic E-state index is 12.7. The lowest BCUT2D eigenvalue weighted by Gasteiger charge is -2.41. The molecule has 0 spiro atoms. The highest BCUT2D eigenvalue weighted by Crippen LogP contribution is 2.24. The van der Waals surface area contributed by atoms with Gasteiger partial charge in [-0.3, -0.25) is 4.79 Å². The number of nitrogens with zero attached hydrogens (tertiary/aromatic N) is 2. The molecule has 2 heterocycles. The predicted molar refractivity (Wildman–Crippen MR) is 76.6 cm³/mol. The molecule has 0 aromatic heterocycles. The molecule has 5 nitrogen and oxygen atoms in total. The first-order valence-electron chi connectivity index (χ1n) is 7.91. The number of rotatable bonds is 3. The molecule has 2 atom stereocenters. The van der Waals surface area contributed by atoms with E-state index < -0.39 is 5.97 Å². The number of likely N-dealkylation sites (tertiary alicyclic amines) is 2. The number of aliphatic carboxylic acids is 1. The molecule has 0 radical (unpaired) electrons. The van der Waals surface area contributed by atoms with Crippen LogP contribution < -0.4 is 0 Å². The van der Waals surface area contributed by atoms with Gasteiger partial charge >= 0.3 is 12.0 Å². The van der Waals surface area contributed by atoms with Crippen LogP contribution in [-0.2, 0) is 4.79 Å². The first-order valence-corrected chi connectivity index (χ1v) is 7.91. The highest BCUT2D eigenvalue weighted by atomic mass is 16.4. The minimum absolute atomic E-state index is 0.0640. The Morgan fingerprint density at radius 1 is 1.15 bits per heavy atom. The summed E-state index contributed by atoms with van der Waals surface area (Å²) in [5.74, 6) is -1.16. The SMILES string of the molecule is CCCC1CCCCN1C(=O)N1CCCC(C(=O)O)C1. The molecular weight excluding hydrogens is 256 g/mol. The van der Waals surface area contributed by atoms with Crippen LogP contribution in [0, 0.1) is 5.92 Å². The molecule has 114 valence electrons. The van der Waals surface area contributed by atoms with Crippen molar-refractivity contribution in [1.82, 2.24) is 9.80 Å². The first kappa shape index (κ1) is 15.1. The van der Waals surface area contributed by atoms with Gasteiger partial charge in [0.2, 0.25) is 0 Å². The summed E-state index contributed by atoms with van der Waals surface area (Å²) in [7, 11) is 0. The van der Waals surface area contributed by atoms with Gasteiger partial charge in [0.15, 0.2) is 0 Å². The standard InChI is InChI=1S/C15H26N2O3/c1-2-6-13-8-3-4-10-17(13)15(20)16-9-5-7-12(11-16)14(18)19/h12-13H,2-11H2,1H3,(H,18,19). The van der Waals surface area contributed by atoms with Gasteiger partial charge < -0.3 is 14.9 Å². The highest BCUT2D eigenvalue weighted by molar-refractivity contribution is 5.77. The average molecular weight is 282 g/mol. The summed E-state index contributed by atoms with van der Waals surface area (Å²) in [6.07, 6.45) is 7.00. The third kappa shape index (κ3) is 3.44. The van der Waals surface area contributed by atoms with E-state index in [0.29, 0.717) is 25.6 Å². The van der Waals surface area contributed by atoms with Crippen molar-refractivity contribution in [1.29, 1.82) is 0 Å². The molecule has 2 aliphatic rings. The van der Waals surface area contributed by atoms with E-state index in [9.17, 15) is 9.59 Å². The molecule has 2 amide bonds. The highest BCUT2D eigenvalue weighted by Gasteiger charge is 2.33. The third-order valence-electron chi connectivity index (χ3n) is 4.54. The second-order valence-electron chi connectivity index (χ2n) is 6.04. The summed E-state index contributed by atoms with van der Waals surface area (Å²) in [4.78, 5) is 27.5. The van der Waals surface area contributed by atoms with Crippen molar-refractivity contribution >= 4 is 12.0 Å². The molecule has 5 heteroatoms. The van der Waals surface area contributed by atoms with Crippen molar-refractivity contribution in [2.24, 2.45) is 5.92 Å². The Morgan fingerprint density at radius 3 is 2.65 bits per heavy atom. The van der Waals surface area contributed by atoms with Crippen LogP contribution >= 0.6 is 0 Å². The quantitative estimate of drug-likeness (QED) is 0.865. The van der Waals surface area contributed by atoms with Crippen LogP contribution in [0.2, 0.25) is 0 Å². The molecule has 0 saturated carbocycles. The Hall–Kier alpha value is -1.26. The Balaban J connectivity index is 1.99. The maximum absolute atomic E-state index is 12.7. The zero-order valence-corrected chi connectivity index (χ0v) is 12.4. The molecule has 2 fully saturated rings. The summed E-state index contributed by atoms with van der Waals surface area (Å²) in [5, 5.41) is 9.13. The average Bonchev–Trinajstić information content (AvgIpc) is 2.47. The number of carboxylic acid groups (broad SMARTS) is 1. The Morgan fingerprint density at radius 2 is 1.95 bits per heavy atom. The summed E-state index contributed by atoms with van der Waals surface area (Å²) in [6, 6.07) is 0.417. The number of hydrogen-bond acceptors (Lipinski definition) is 2. The fourth-order valence-corrected chi connectivity index (χ4v) is 3.42. The minimum atomic E-state index is -0.772. The van der Waals surface area contributed by atoms with Gasteiger partial charge in [-0.15, -0.1) is 0 Å². The maximum Gasteiger partial charge on any atom is 0.320 e. The smallest absolute Gasteiger partial charge is 0.320 e. The molecular formula is C15H26N2O3. The van der Waals surface area contributed by atoms with Gasteiger partial charge in [0.05, 0.1) is 5.92 Å². The van der Waals surface area contributed by atoms with E-state index in [-0.39, 0.29) is 11.9 Å². The van der Waals surface area contributed by atoms with Crippen molar-refractivity contribution < 1.29 is 14.7 Å². The van der Waals surface area contributed by atoms with Crippen molar-refractivity contribution in [3.63, 3.8) is 0 Å². The Bertz CT molecular complexity index is 357. The van der Waals surface area contributed by atoms with Crippen molar-refractivity contribution in [3.8, 4) is 0 Å². The predicted octanol–water partition coefficient (Wildman–Crippen LogP) is 2.56. The number of amides is 2. The molecule has 2 unspecified atom stereocenters. The van der Waals surface area contributed by atoms with Gasteiger partial charge in [0.25, 0.3) is 0 Å². The number of carbonyl (C=O) groups excluding carboxylic acids is 1. The fraction of sp³-hybridized carbons (Fsp3) is 0.867. The zero-order valence-electron chi connectivity index (χ0n) is 12.4. The van der Waals surface area contributed by atoms with Gasteiger partial charge in [-0.1, -0.05) is 13.3 Å². The number of urea groups is 1. The van der Waals surface area contributed by atoms with Crippen LogP contribution in [0.5, 0.6) is 0 Å². The number of piperidine rings is 2. The van der Waals surface area contributed by atoms with Crippen LogP contribution in [-0.4, -0.2) is 52.6 Å². The van der Waals surface area contributed by atoms with Crippen LogP contribution in [0.4, 0.5) is 4.79 Å². The van der Waals surface area contributed by atoms with Crippen LogP contribution in [0.1, 0.15) is 51.9 Å². The molecule has 0 aromatic carbocycles. The molecule has 0 bridgehead atoms. The van der Waals surface area contributed by atoms with E-state index in [0.717, 1.165) is 38.6 Å². The zero-order chi connectivity index (χ0) is 14.5. The second-order valence-corrected chi connectivity index (χ2v) is 6.04. The van der Waals surface area contributed by atoms with Gasteiger partial charge in [-0.2, -0.15) is 0 Å².